The summed E-state index contributed by atoms with van der Waals surface area (Å²) in [7, 11) is 1.26. The minimum atomic E-state index is -0.617. The highest BCUT2D eigenvalue weighted by molar-refractivity contribution is 5.97. The van der Waals surface area contributed by atoms with E-state index in [4.69, 9.17) is 4.74 Å². The predicted octanol–water partition coefficient (Wildman–Crippen LogP) is 3.53. The molecule has 2 rings (SSSR count). The van der Waals surface area contributed by atoms with Crippen LogP contribution in [0.5, 0.6) is 0 Å². The number of esters is 1. The Morgan fingerprint density at radius 2 is 1.81 bits per heavy atom. The summed E-state index contributed by atoms with van der Waals surface area (Å²) in [5.74, 6) is -0.617. The molecular formula is C19H22N4O3. The van der Waals surface area contributed by atoms with Crippen molar-refractivity contribution in [1.82, 2.24) is 4.68 Å². The molecule has 2 aromatic rings. The monoisotopic (exact) mass is 354 g/mol. The Bertz CT molecular complexity index is 871. The number of nitrogens with zero attached hydrogens (tertiary/aromatic N) is 2. The Morgan fingerprint density at radius 1 is 1.19 bits per heavy atom. The van der Waals surface area contributed by atoms with E-state index < -0.39 is 17.4 Å². The van der Waals surface area contributed by atoms with E-state index >= 15 is 0 Å². The number of para-hydroxylation sites is 1. The summed E-state index contributed by atoms with van der Waals surface area (Å²) in [6.45, 7) is 7.36. The van der Waals surface area contributed by atoms with Crippen LogP contribution in [0.25, 0.3) is 0 Å². The van der Waals surface area contributed by atoms with Gasteiger partial charge in [0, 0.05) is 11.1 Å². The van der Waals surface area contributed by atoms with Gasteiger partial charge in [-0.1, -0.05) is 39.0 Å². The van der Waals surface area contributed by atoms with E-state index in [9.17, 15) is 14.9 Å². The van der Waals surface area contributed by atoms with Crippen LogP contribution in [0.2, 0.25) is 0 Å². The maximum atomic E-state index is 12.4. The summed E-state index contributed by atoms with van der Waals surface area (Å²) in [4.78, 5) is 24.6. The van der Waals surface area contributed by atoms with Crippen LogP contribution in [-0.4, -0.2) is 23.8 Å². The van der Waals surface area contributed by atoms with Gasteiger partial charge >= 0.3 is 12.0 Å². The number of methoxy groups -OCH3 is 1. The zero-order chi connectivity index (χ0) is 19.5. The summed E-state index contributed by atoms with van der Waals surface area (Å²) < 4.78 is 6.28. The van der Waals surface area contributed by atoms with Crippen LogP contribution in [0.15, 0.2) is 30.3 Å². The molecule has 0 saturated carbocycles. The first-order valence-corrected chi connectivity index (χ1v) is 8.08. The number of amides is 2. The summed E-state index contributed by atoms with van der Waals surface area (Å²) in [5.41, 5.74) is 4.15. The number of nitriles is 1. The molecular weight excluding hydrogens is 332 g/mol. The number of benzene rings is 1. The normalized spacial score (nSPS) is 10.8. The van der Waals surface area contributed by atoms with Gasteiger partial charge in [0.2, 0.25) is 0 Å². The van der Waals surface area contributed by atoms with Gasteiger partial charge in [-0.2, -0.15) is 5.26 Å². The summed E-state index contributed by atoms with van der Waals surface area (Å²) in [6, 6.07) is 10.6. The SMILES string of the molecule is COC(=O)c1c(C#N)c(C(C)(C)C)n(NC(=O)Nc2ccccc2)c1C. The molecule has 136 valence electrons. The summed E-state index contributed by atoms with van der Waals surface area (Å²) >= 11 is 0. The molecule has 2 amide bonds. The van der Waals surface area contributed by atoms with Gasteiger partial charge in [-0.25, -0.2) is 15.0 Å². The fraction of sp³-hybridized carbons (Fsp3) is 0.316. The number of rotatable bonds is 3. The largest absolute Gasteiger partial charge is 0.465 e. The first-order valence-electron chi connectivity index (χ1n) is 8.08. The predicted molar refractivity (Wildman–Crippen MR) is 98.7 cm³/mol. The lowest BCUT2D eigenvalue weighted by Crippen LogP contribution is -2.33. The Hall–Kier alpha value is -3.27. The van der Waals surface area contributed by atoms with Crippen molar-refractivity contribution in [3.05, 3.63) is 52.8 Å². The van der Waals surface area contributed by atoms with E-state index in [1.807, 2.05) is 26.8 Å². The van der Waals surface area contributed by atoms with Gasteiger partial charge in [0.05, 0.1) is 24.1 Å². The van der Waals surface area contributed by atoms with Crippen molar-refractivity contribution in [2.75, 3.05) is 17.9 Å². The Balaban J connectivity index is 2.50. The van der Waals surface area contributed by atoms with Gasteiger partial charge in [-0.3, -0.25) is 4.68 Å². The number of carbonyl (C=O) groups excluding carboxylic acids is 2. The fourth-order valence-corrected chi connectivity index (χ4v) is 2.78. The molecule has 7 heteroatoms. The van der Waals surface area contributed by atoms with Crippen molar-refractivity contribution >= 4 is 17.7 Å². The Morgan fingerprint density at radius 3 is 2.31 bits per heavy atom. The number of anilines is 1. The third-order valence-electron chi connectivity index (χ3n) is 3.86. The van der Waals surface area contributed by atoms with Crippen LogP contribution in [0.3, 0.4) is 0 Å². The highest BCUT2D eigenvalue weighted by atomic mass is 16.5. The number of urea groups is 1. The van der Waals surface area contributed by atoms with Gasteiger partial charge in [-0.05, 0) is 19.1 Å². The molecule has 7 nitrogen and oxygen atoms in total. The van der Waals surface area contributed by atoms with Crippen molar-refractivity contribution in [3.8, 4) is 6.07 Å². The van der Waals surface area contributed by atoms with Gasteiger partial charge in [0.15, 0.2) is 0 Å². The number of aromatic nitrogens is 1. The lowest BCUT2D eigenvalue weighted by atomic mass is 9.89. The van der Waals surface area contributed by atoms with E-state index in [1.54, 1.807) is 31.2 Å². The molecule has 0 aliphatic rings. The second-order valence-electron chi connectivity index (χ2n) is 6.80. The number of hydrogen-bond acceptors (Lipinski definition) is 4. The molecule has 0 unspecified atom stereocenters. The van der Waals surface area contributed by atoms with Gasteiger partial charge in [0.25, 0.3) is 0 Å². The van der Waals surface area contributed by atoms with E-state index in [2.05, 4.69) is 16.8 Å². The highest BCUT2D eigenvalue weighted by Gasteiger charge is 2.32. The van der Waals surface area contributed by atoms with Gasteiger partial charge in [0.1, 0.15) is 11.6 Å². The average molecular weight is 354 g/mol. The molecule has 2 N–H and O–H groups in total. The third kappa shape index (κ3) is 3.70. The van der Waals surface area contributed by atoms with Crippen molar-refractivity contribution in [2.24, 2.45) is 0 Å². The van der Waals surface area contributed by atoms with E-state index in [0.717, 1.165) is 0 Å². The third-order valence-corrected chi connectivity index (χ3v) is 3.86. The first-order chi connectivity index (χ1) is 12.2. The highest BCUT2D eigenvalue weighted by Crippen LogP contribution is 2.32. The lowest BCUT2D eigenvalue weighted by molar-refractivity contribution is 0.0599. The topological polar surface area (TPSA) is 96.2 Å². The van der Waals surface area contributed by atoms with E-state index in [1.165, 1.54) is 11.8 Å². The Labute approximate surface area is 152 Å². The standard InChI is InChI=1S/C19H22N4O3/c1-12-15(17(24)26-5)14(11-20)16(19(2,3)4)23(12)22-18(25)21-13-9-7-6-8-10-13/h6-10H,1-5H3,(H2,21,22,25). The maximum absolute atomic E-state index is 12.4. The summed E-state index contributed by atoms with van der Waals surface area (Å²) in [5, 5.41) is 12.3. The zero-order valence-electron chi connectivity index (χ0n) is 15.5. The first kappa shape index (κ1) is 19.1. The quantitative estimate of drug-likeness (QED) is 0.824. The van der Waals surface area contributed by atoms with Crippen LogP contribution < -0.4 is 10.7 Å². The smallest absolute Gasteiger partial charge is 0.341 e. The van der Waals surface area contributed by atoms with Gasteiger partial charge < -0.3 is 10.1 Å². The summed E-state index contributed by atoms with van der Waals surface area (Å²) in [6.07, 6.45) is 0. The number of hydrogen-bond donors (Lipinski definition) is 2. The van der Waals surface area contributed by atoms with Gasteiger partial charge in [-0.15, -0.1) is 0 Å². The fourth-order valence-electron chi connectivity index (χ4n) is 2.78. The molecule has 0 spiro atoms. The van der Waals surface area contributed by atoms with Crippen LogP contribution in [0.4, 0.5) is 10.5 Å². The van der Waals surface area contributed by atoms with Crippen molar-refractivity contribution in [1.29, 1.82) is 5.26 Å². The van der Waals surface area contributed by atoms with E-state index in [-0.39, 0.29) is 11.1 Å². The molecule has 1 aromatic carbocycles. The maximum Gasteiger partial charge on any atom is 0.341 e. The molecule has 0 aliphatic carbocycles. The average Bonchev–Trinajstić information content (AvgIpc) is 2.87. The molecule has 1 heterocycles. The second-order valence-corrected chi connectivity index (χ2v) is 6.80. The number of nitrogens with one attached hydrogen (secondary N) is 2. The van der Waals surface area contributed by atoms with Crippen LogP contribution >= 0.6 is 0 Å². The minimum Gasteiger partial charge on any atom is -0.465 e. The molecule has 0 fully saturated rings. The van der Waals surface area contributed by atoms with E-state index in [0.29, 0.717) is 17.1 Å². The van der Waals surface area contributed by atoms with Crippen molar-refractivity contribution < 1.29 is 14.3 Å². The molecule has 0 radical (unpaired) electrons. The van der Waals surface area contributed by atoms with Crippen LogP contribution in [0.1, 0.15) is 48.1 Å². The molecule has 26 heavy (non-hydrogen) atoms. The molecule has 0 atom stereocenters. The zero-order valence-corrected chi connectivity index (χ0v) is 15.5. The van der Waals surface area contributed by atoms with Crippen LogP contribution in [-0.2, 0) is 10.2 Å². The number of carbonyl (C=O) groups is 2. The Kier molecular flexibility index (Phi) is 5.36. The van der Waals surface area contributed by atoms with Crippen molar-refractivity contribution in [3.63, 3.8) is 0 Å². The molecule has 0 saturated heterocycles. The molecule has 1 aromatic heterocycles. The second kappa shape index (κ2) is 7.31. The van der Waals surface area contributed by atoms with Crippen LogP contribution in [0, 0.1) is 18.3 Å². The van der Waals surface area contributed by atoms with Crippen molar-refractivity contribution in [2.45, 2.75) is 33.1 Å². The lowest BCUT2D eigenvalue weighted by Gasteiger charge is -2.23. The molecule has 0 bridgehead atoms. The minimum absolute atomic E-state index is 0.153. The molecule has 0 aliphatic heterocycles. The number of ether oxygens (including phenoxy) is 1.